The molecule has 1 fully saturated rings. The highest BCUT2D eigenvalue weighted by Crippen LogP contribution is 2.28. The third kappa shape index (κ3) is 3.45. The van der Waals surface area contributed by atoms with Gasteiger partial charge in [0.1, 0.15) is 11.9 Å². The number of fused-ring (bicyclic) bond motifs is 2. The average Bonchev–Trinajstić information content (AvgIpc) is 3.17. The van der Waals surface area contributed by atoms with Gasteiger partial charge in [0.25, 0.3) is 5.65 Å². The number of pyridine rings is 1. The zero-order chi connectivity index (χ0) is 21.7. The molecule has 3 aromatic heterocycles. The first-order valence-electron chi connectivity index (χ1n) is 11.2. The minimum Gasteiger partial charge on any atom is -0.304 e. The summed E-state index contributed by atoms with van der Waals surface area (Å²) in [6, 6.07) is 10.3. The van der Waals surface area contributed by atoms with Crippen LogP contribution in [0.2, 0.25) is 0 Å². The number of nitrogens with zero attached hydrogens (tertiary/aromatic N) is 5. The Morgan fingerprint density at radius 3 is 2.65 bits per heavy atom. The number of piperidine rings is 1. The lowest BCUT2D eigenvalue weighted by Crippen LogP contribution is -2.38. The van der Waals surface area contributed by atoms with Crippen molar-refractivity contribution in [2.24, 2.45) is 14.1 Å². The van der Waals surface area contributed by atoms with E-state index < -0.39 is 0 Å². The molecule has 1 saturated heterocycles. The monoisotopic (exact) mass is 416 g/mol. The molecule has 0 saturated carbocycles. The smallest absolute Gasteiger partial charge is 0.304 e. The minimum atomic E-state index is 0.0138. The first-order valence-corrected chi connectivity index (χ1v) is 11.2. The standard InChI is InChI=1S/C25H30N5O/c1-5-29-10-8-18(9-11-29)19-6-7-23-28(4)22(14-24(31)30(23)16-19)20-12-17(2)25-21(13-20)15-27(3)26-25/h6-7,12-16,18H,5,8-11H2,1-4H3/q+1. The molecule has 0 atom stereocenters. The maximum absolute atomic E-state index is 13.1. The number of benzene rings is 1. The lowest BCUT2D eigenvalue weighted by Gasteiger charge is -2.30. The molecule has 4 heterocycles. The Bertz CT molecular complexity index is 1340. The predicted molar refractivity (Wildman–Crippen MR) is 123 cm³/mol. The van der Waals surface area contributed by atoms with E-state index in [2.05, 4.69) is 58.9 Å². The Labute approximate surface area is 182 Å². The maximum atomic E-state index is 13.1. The summed E-state index contributed by atoms with van der Waals surface area (Å²) in [4.78, 5) is 15.6. The molecule has 1 aliphatic rings. The summed E-state index contributed by atoms with van der Waals surface area (Å²) in [5.74, 6) is 0.528. The summed E-state index contributed by atoms with van der Waals surface area (Å²) in [7, 11) is 3.97. The normalized spacial score (nSPS) is 15.9. The molecule has 0 bridgehead atoms. The van der Waals surface area contributed by atoms with Gasteiger partial charge in [-0.25, -0.2) is 9.36 Å². The van der Waals surface area contributed by atoms with Crippen LogP contribution in [0.25, 0.3) is 27.8 Å². The first kappa shape index (κ1) is 19.9. The number of aromatic nitrogens is 4. The van der Waals surface area contributed by atoms with Gasteiger partial charge in [0, 0.05) is 30.3 Å². The molecular formula is C25H30N5O+. The van der Waals surface area contributed by atoms with Gasteiger partial charge in [-0.1, -0.05) is 6.92 Å². The van der Waals surface area contributed by atoms with Crippen LogP contribution < -0.4 is 10.1 Å². The van der Waals surface area contributed by atoms with E-state index in [0.29, 0.717) is 5.92 Å². The van der Waals surface area contributed by atoms with Crippen LogP contribution in [0.3, 0.4) is 0 Å². The van der Waals surface area contributed by atoms with Crippen molar-refractivity contribution < 1.29 is 4.57 Å². The molecule has 0 unspecified atom stereocenters. The Hall–Kier alpha value is -2.99. The molecule has 0 amide bonds. The molecule has 0 aliphatic carbocycles. The van der Waals surface area contributed by atoms with E-state index in [-0.39, 0.29) is 5.56 Å². The number of hydrogen-bond acceptors (Lipinski definition) is 3. The van der Waals surface area contributed by atoms with Gasteiger partial charge in [0.15, 0.2) is 0 Å². The topological polar surface area (TPSA) is 46.4 Å². The minimum absolute atomic E-state index is 0.0138. The van der Waals surface area contributed by atoms with Crippen molar-refractivity contribution >= 4 is 16.6 Å². The summed E-state index contributed by atoms with van der Waals surface area (Å²) in [6.45, 7) is 7.69. The van der Waals surface area contributed by atoms with Gasteiger partial charge in [-0.15, -0.1) is 0 Å². The van der Waals surface area contributed by atoms with E-state index in [1.54, 1.807) is 10.5 Å². The van der Waals surface area contributed by atoms with Crippen LogP contribution >= 0.6 is 0 Å². The SMILES string of the molecule is CCN1CCC(c2ccc3n(c2)c(=O)cc(-c2cc(C)c4nn(C)cc4c2)[n+]3C)CC1. The largest absolute Gasteiger partial charge is 0.342 e. The van der Waals surface area contributed by atoms with Gasteiger partial charge in [0.05, 0.1) is 18.6 Å². The van der Waals surface area contributed by atoms with E-state index in [0.717, 1.165) is 65.8 Å². The maximum Gasteiger partial charge on any atom is 0.342 e. The molecule has 5 rings (SSSR count). The lowest BCUT2D eigenvalue weighted by atomic mass is 9.90. The summed E-state index contributed by atoms with van der Waals surface area (Å²) in [5.41, 5.74) is 6.26. The van der Waals surface area contributed by atoms with Crippen molar-refractivity contribution in [1.29, 1.82) is 0 Å². The van der Waals surface area contributed by atoms with Crippen molar-refractivity contribution in [1.82, 2.24) is 19.1 Å². The van der Waals surface area contributed by atoms with Gasteiger partial charge in [0.2, 0.25) is 0 Å². The number of rotatable bonds is 3. The summed E-state index contributed by atoms with van der Waals surface area (Å²) < 4.78 is 5.76. The second kappa shape index (κ2) is 7.61. The van der Waals surface area contributed by atoms with Crippen LogP contribution in [0.4, 0.5) is 0 Å². The quantitative estimate of drug-likeness (QED) is 0.482. The molecule has 31 heavy (non-hydrogen) atoms. The summed E-state index contributed by atoms with van der Waals surface area (Å²) >= 11 is 0. The molecule has 0 radical (unpaired) electrons. The highest BCUT2D eigenvalue weighted by Gasteiger charge is 2.23. The van der Waals surface area contributed by atoms with Gasteiger partial charge in [-0.2, -0.15) is 9.50 Å². The molecule has 6 heteroatoms. The van der Waals surface area contributed by atoms with Gasteiger partial charge in [-0.3, -0.25) is 4.68 Å². The Balaban J connectivity index is 1.58. The highest BCUT2D eigenvalue weighted by atomic mass is 16.1. The molecule has 1 aliphatic heterocycles. The van der Waals surface area contributed by atoms with Crippen molar-refractivity contribution in [3.63, 3.8) is 0 Å². The van der Waals surface area contributed by atoms with Crippen LogP contribution in [0.1, 0.15) is 36.8 Å². The molecule has 6 nitrogen and oxygen atoms in total. The van der Waals surface area contributed by atoms with E-state index in [1.807, 2.05) is 25.0 Å². The van der Waals surface area contributed by atoms with Gasteiger partial charge in [-0.05, 0) is 74.6 Å². The third-order valence-electron chi connectivity index (χ3n) is 6.87. The van der Waals surface area contributed by atoms with Crippen LogP contribution in [0.5, 0.6) is 0 Å². The van der Waals surface area contributed by atoms with E-state index >= 15 is 0 Å². The fraction of sp³-hybridized carbons (Fsp3) is 0.400. The Morgan fingerprint density at radius 1 is 1.13 bits per heavy atom. The van der Waals surface area contributed by atoms with Crippen LogP contribution in [-0.2, 0) is 14.1 Å². The third-order valence-corrected chi connectivity index (χ3v) is 6.87. The molecule has 160 valence electrons. The van der Waals surface area contributed by atoms with E-state index in [4.69, 9.17) is 0 Å². The lowest BCUT2D eigenvalue weighted by molar-refractivity contribution is -0.637. The zero-order valence-electron chi connectivity index (χ0n) is 18.8. The van der Waals surface area contributed by atoms with Gasteiger partial charge >= 0.3 is 5.56 Å². The Morgan fingerprint density at radius 2 is 1.90 bits per heavy atom. The molecule has 0 spiro atoms. The van der Waals surface area contributed by atoms with Gasteiger partial charge < -0.3 is 4.90 Å². The second-order valence-corrected chi connectivity index (χ2v) is 8.86. The van der Waals surface area contributed by atoms with Crippen LogP contribution in [0, 0.1) is 6.92 Å². The van der Waals surface area contributed by atoms with Crippen molar-refractivity contribution in [3.8, 4) is 11.3 Å². The summed E-state index contributed by atoms with van der Waals surface area (Å²) in [6.07, 6.45) is 6.39. The van der Waals surface area contributed by atoms with Crippen LogP contribution in [0.15, 0.2) is 47.5 Å². The average molecular weight is 417 g/mol. The number of hydrogen-bond donors (Lipinski definition) is 0. The molecule has 0 N–H and O–H groups in total. The zero-order valence-corrected chi connectivity index (χ0v) is 18.8. The second-order valence-electron chi connectivity index (χ2n) is 8.86. The molecular weight excluding hydrogens is 386 g/mol. The first-order chi connectivity index (χ1) is 14.9. The number of aryl methyl sites for hydroxylation is 3. The molecule has 4 aromatic rings. The fourth-order valence-corrected chi connectivity index (χ4v) is 5.04. The molecule has 1 aromatic carbocycles. The van der Waals surface area contributed by atoms with Crippen LogP contribution in [-0.4, -0.2) is 38.7 Å². The van der Waals surface area contributed by atoms with Crippen molar-refractivity contribution in [2.75, 3.05) is 19.6 Å². The van der Waals surface area contributed by atoms with E-state index in [1.165, 1.54) is 5.56 Å². The van der Waals surface area contributed by atoms with Crippen molar-refractivity contribution in [2.45, 2.75) is 32.6 Å². The van der Waals surface area contributed by atoms with Crippen molar-refractivity contribution in [3.05, 3.63) is 64.2 Å². The van der Waals surface area contributed by atoms with E-state index in [9.17, 15) is 4.79 Å². The highest BCUT2D eigenvalue weighted by molar-refractivity contribution is 5.86. The fourth-order valence-electron chi connectivity index (χ4n) is 5.04. The Kier molecular flexibility index (Phi) is 4.89. The number of likely N-dealkylation sites (tertiary alicyclic amines) is 1. The predicted octanol–water partition coefficient (Wildman–Crippen LogP) is 3.19. The summed E-state index contributed by atoms with van der Waals surface area (Å²) in [5, 5.41) is 5.63.